The third-order valence-electron chi connectivity index (χ3n) is 3.09. The number of nitrogens with one attached hydrogen (secondary N) is 1. The van der Waals surface area contributed by atoms with E-state index in [2.05, 4.69) is 5.32 Å². The van der Waals surface area contributed by atoms with E-state index in [-0.39, 0.29) is 23.5 Å². The number of nitrogens with zero attached hydrogens (tertiary/aromatic N) is 1. The standard InChI is InChI=1S/C14H16N2O2S2/c1-9-5-3-4-6-11(9)15-12(17)7-8-16-13(18)10(2)20-14(16)19/h3-6,10H,7-8H2,1-2H3,(H,15,17). The number of thioether (sulfide) groups is 1. The number of aryl methyl sites for hydroxylation is 1. The van der Waals surface area contributed by atoms with Gasteiger partial charge in [0.15, 0.2) is 0 Å². The number of hydrogen-bond donors (Lipinski definition) is 1. The van der Waals surface area contributed by atoms with Crippen LogP contribution in [0.5, 0.6) is 0 Å². The molecule has 1 N–H and O–H groups in total. The second kappa shape index (κ2) is 6.37. The molecule has 0 bridgehead atoms. The van der Waals surface area contributed by atoms with Crippen molar-refractivity contribution in [1.29, 1.82) is 0 Å². The van der Waals surface area contributed by atoms with E-state index >= 15 is 0 Å². The van der Waals surface area contributed by atoms with Crippen LogP contribution in [0.15, 0.2) is 24.3 Å². The molecule has 20 heavy (non-hydrogen) atoms. The topological polar surface area (TPSA) is 49.4 Å². The second-order valence-corrected chi connectivity index (χ2v) is 6.60. The van der Waals surface area contributed by atoms with Crippen LogP contribution in [0.25, 0.3) is 0 Å². The molecule has 1 aromatic rings. The molecule has 1 atom stereocenters. The number of amides is 2. The smallest absolute Gasteiger partial charge is 0.241 e. The first-order valence-corrected chi connectivity index (χ1v) is 7.65. The van der Waals surface area contributed by atoms with E-state index in [1.165, 1.54) is 16.7 Å². The Kier molecular flexibility index (Phi) is 4.77. The van der Waals surface area contributed by atoms with E-state index in [0.717, 1.165) is 11.3 Å². The summed E-state index contributed by atoms with van der Waals surface area (Å²) >= 11 is 6.50. The predicted octanol–water partition coefficient (Wildman–Crippen LogP) is 2.57. The molecule has 0 aliphatic carbocycles. The molecule has 106 valence electrons. The van der Waals surface area contributed by atoms with Crippen molar-refractivity contribution >= 4 is 45.8 Å². The van der Waals surface area contributed by atoms with Crippen LogP contribution >= 0.6 is 24.0 Å². The maximum atomic E-state index is 11.9. The first-order chi connectivity index (χ1) is 9.49. The number of para-hydroxylation sites is 1. The van der Waals surface area contributed by atoms with Gasteiger partial charge in [0.25, 0.3) is 0 Å². The fourth-order valence-electron chi connectivity index (χ4n) is 1.92. The van der Waals surface area contributed by atoms with Crippen LogP contribution in [-0.2, 0) is 9.59 Å². The van der Waals surface area contributed by atoms with Crippen molar-refractivity contribution in [2.75, 3.05) is 11.9 Å². The van der Waals surface area contributed by atoms with Gasteiger partial charge in [-0.3, -0.25) is 14.5 Å². The molecule has 2 amide bonds. The minimum atomic E-state index is -0.137. The zero-order valence-corrected chi connectivity index (χ0v) is 13.0. The molecule has 6 heteroatoms. The van der Waals surface area contributed by atoms with Crippen molar-refractivity contribution in [1.82, 2.24) is 4.90 Å². The van der Waals surface area contributed by atoms with Gasteiger partial charge in [0.1, 0.15) is 4.32 Å². The van der Waals surface area contributed by atoms with Crippen LogP contribution in [-0.4, -0.2) is 32.8 Å². The lowest BCUT2D eigenvalue weighted by Gasteiger charge is -2.15. The Morgan fingerprint density at radius 3 is 2.75 bits per heavy atom. The molecule has 1 aliphatic heterocycles. The fourth-order valence-corrected chi connectivity index (χ4v) is 3.37. The minimum Gasteiger partial charge on any atom is -0.326 e. The first-order valence-electron chi connectivity index (χ1n) is 6.36. The SMILES string of the molecule is Cc1ccccc1NC(=O)CCN1C(=O)C(C)SC1=S. The molecule has 0 spiro atoms. The van der Waals surface area contributed by atoms with Crippen molar-refractivity contribution in [2.45, 2.75) is 25.5 Å². The number of benzene rings is 1. The van der Waals surface area contributed by atoms with Gasteiger partial charge in [-0.15, -0.1) is 0 Å². The van der Waals surface area contributed by atoms with Crippen molar-refractivity contribution < 1.29 is 9.59 Å². The Morgan fingerprint density at radius 2 is 2.15 bits per heavy atom. The number of carbonyl (C=O) groups is 2. The van der Waals surface area contributed by atoms with Gasteiger partial charge in [-0.1, -0.05) is 42.2 Å². The van der Waals surface area contributed by atoms with Gasteiger partial charge in [0.05, 0.1) is 5.25 Å². The molecule has 1 aromatic carbocycles. The van der Waals surface area contributed by atoms with E-state index in [4.69, 9.17) is 12.2 Å². The van der Waals surface area contributed by atoms with Crippen LogP contribution in [0.1, 0.15) is 18.9 Å². The van der Waals surface area contributed by atoms with Crippen molar-refractivity contribution in [3.05, 3.63) is 29.8 Å². The summed E-state index contributed by atoms with van der Waals surface area (Å²) in [5.41, 5.74) is 1.81. The summed E-state index contributed by atoms with van der Waals surface area (Å²) in [4.78, 5) is 25.3. The highest BCUT2D eigenvalue weighted by molar-refractivity contribution is 8.24. The summed E-state index contributed by atoms with van der Waals surface area (Å²) in [5, 5.41) is 2.71. The third-order valence-corrected chi connectivity index (χ3v) is 4.58. The van der Waals surface area contributed by atoms with Gasteiger partial charge in [0.2, 0.25) is 11.8 Å². The third kappa shape index (κ3) is 3.37. The molecule has 1 fully saturated rings. The number of hydrogen-bond acceptors (Lipinski definition) is 4. The molecule has 1 heterocycles. The summed E-state index contributed by atoms with van der Waals surface area (Å²) in [6, 6.07) is 7.59. The Balaban J connectivity index is 1.89. The summed E-state index contributed by atoms with van der Waals surface area (Å²) in [5.74, 6) is -0.122. The Hall–Kier alpha value is -1.40. The molecular weight excluding hydrogens is 292 g/mol. The average molecular weight is 308 g/mol. The van der Waals surface area contributed by atoms with Gasteiger partial charge >= 0.3 is 0 Å². The number of thiocarbonyl (C=S) groups is 1. The number of rotatable bonds is 4. The molecule has 1 aliphatic rings. The van der Waals surface area contributed by atoms with E-state index < -0.39 is 0 Å². The summed E-state index contributed by atoms with van der Waals surface area (Å²) in [6.45, 7) is 4.10. The molecule has 0 aromatic heterocycles. The summed E-state index contributed by atoms with van der Waals surface area (Å²) < 4.78 is 0.561. The number of carbonyl (C=O) groups excluding carboxylic acids is 2. The maximum Gasteiger partial charge on any atom is 0.241 e. The molecular formula is C14H16N2O2S2. The molecule has 1 unspecified atom stereocenters. The van der Waals surface area contributed by atoms with Crippen LogP contribution in [0.3, 0.4) is 0 Å². The first kappa shape index (κ1) is 15.0. The van der Waals surface area contributed by atoms with Gasteiger partial charge in [0, 0.05) is 18.7 Å². The van der Waals surface area contributed by atoms with Crippen LogP contribution in [0.4, 0.5) is 5.69 Å². The zero-order chi connectivity index (χ0) is 14.7. The monoisotopic (exact) mass is 308 g/mol. The Bertz CT molecular complexity index is 560. The maximum absolute atomic E-state index is 11.9. The molecule has 4 nitrogen and oxygen atoms in total. The van der Waals surface area contributed by atoms with Crippen molar-refractivity contribution in [3.8, 4) is 0 Å². The molecule has 2 rings (SSSR count). The zero-order valence-electron chi connectivity index (χ0n) is 11.4. The second-order valence-electron chi connectivity index (χ2n) is 4.63. The lowest BCUT2D eigenvalue weighted by Crippen LogP contribution is -2.33. The van der Waals surface area contributed by atoms with Crippen LogP contribution < -0.4 is 5.32 Å². The van der Waals surface area contributed by atoms with Gasteiger partial charge < -0.3 is 5.32 Å². The van der Waals surface area contributed by atoms with Gasteiger partial charge in [-0.05, 0) is 25.5 Å². The Labute approximate surface area is 127 Å². The van der Waals surface area contributed by atoms with Gasteiger partial charge in [-0.2, -0.15) is 0 Å². The quantitative estimate of drug-likeness (QED) is 0.869. The Morgan fingerprint density at radius 1 is 1.45 bits per heavy atom. The van der Waals surface area contributed by atoms with Crippen LogP contribution in [0, 0.1) is 6.92 Å². The van der Waals surface area contributed by atoms with Crippen molar-refractivity contribution in [2.24, 2.45) is 0 Å². The van der Waals surface area contributed by atoms with Crippen molar-refractivity contribution in [3.63, 3.8) is 0 Å². The highest BCUT2D eigenvalue weighted by atomic mass is 32.2. The predicted molar refractivity (Wildman–Crippen MR) is 85.8 cm³/mol. The normalized spacial score (nSPS) is 18.5. The summed E-state index contributed by atoms with van der Waals surface area (Å²) in [7, 11) is 0. The lowest BCUT2D eigenvalue weighted by atomic mass is 10.2. The fraction of sp³-hybridized carbons (Fsp3) is 0.357. The highest BCUT2D eigenvalue weighted by Crippen LogP contribution is 2.26. The largest absolute Gasteiger partial charge is 0.326 e. The minimum absolute atomic E-state index is 0.0105. The summed E-state index contributed by atoms with van der Waals surface area (Å²) in [6.07, 6.45) is 0.244. The number of anilines is 1. The lowest BCUT2D eigenvalue weighted by molar-refractivity contribution is -0.126. The van der Waals surface area contributed by atoms with Crippen LogP contribution in [0.2, 0.25) is 0 Å². The highest BCUT2D eigenvalue weighted by Gasteiger charge is 2.33. The van der Waals surface area contributed by atoms with Gasteiger partial charge in [-0.25, -0.2) is 0 Å². The molecule has 1 saturated heterocycles. The molecule has 0 saturated carbocycles. The van der Waals surface area contributed by atoms with E-state index in [0.29, 0.717) is 10.9 Å². The van der Waals surface area contributed by atoms with E-state index in [9.17, 15) is 9.59 Å². The van der Waals surface area contributed by atoms with E-state index in [1.807, 2.05) is 38.1 Å². The molecule has 0 radical (unpaired) electrons. The average Bonchev–Trinajstić information content (AvgIpc) is 2.64. The van der Waals surface area contributed by atoms with E-state index in [1.54, 1.807) is 0 Å².